The highest BCUT2D eigenvalue weighted by atomic mass is 35.5. The SMILES string of the molecule is CCCCN(CCOC(=O)Nc1ccc(Cl)c(Cl)c1)c1cccc(C)c1. The van der Waals surface area contributed by atoms with Crippen LogP contribution in [0.1, 0.15) is 25.3 Å². The molecule has 140 valence electrons. The number of rotatable bonds is 8. The number of nitrogens with zero attached hydrogens (tertiary/aromatic N) is 1. The number of amides is 1. The third kappa shape index (κ3) is 6.43. The molecule has 2 aromatic rings. The van der Waals surface area contributed by atoms with Crippen LogP contribution >= 0.6 is 23.2 Å². The fourth-order valence-electron chi connectivity index (χ4n) is 2.52. The van der Waals surface area contributed by atoms with Gasteiger partial charge in [0.15, 0.2) is 0 Å². The molecule has 0 aliphatic rings. The highest BCUT2D eigenvalue weighted by Crippen LogP contribution is 2.25. The van der Waals surface area contributed by atoms with Crippen LogP contribution in [0, 0.1) is 6.92 Å². The lowest BCUT2D eigenvalue weighted by atomic mass is 10.2. The Hall–Kier alpha value is -1.91. The summed E-state index contributed by atoms with van der Waals surface area (Å²) in [4.78, 5) is 14.2. The van der Waals surface area contributed by atoms with Crippen molar-refractivity contribution in [1.82, 2.24) is 0 Å². The van der Waals surface area contributed by atoms with Crippen LogP contribution in [0.25, 0.3) is 0 Å². The van der Waals surface area contributed by atoms with Crippen molar-refractivity contribution >= 4 is 40.7 Å². The van der Waals surface area contributed by atoms with Crippen molar-refractivity contribution < 1.29 is 9.53 Å². The molecule has 4 nitrogen and oxygen atoms in total. The molecule has 0 aliphatic carbocycles. The van der Waals surface area contributed by atoms with Crippen molar-refractivity contribution in [2.75, 3.05) is 29.9 Å². The number of nitrogens with one attached hydrogen (secondary N) is 1. The van der Waals surface area contributed by atoms with Gasteiger partial charge in [0.05, 0.1) is 16.6 Å². The fourth-order valence-corrected chi connectivity index (χ4v) is 2.82. The Labute approximate surface area is 165 Å². The van der Waals surface area contributed by atoms with Crippen LogP contribution in [-0.4, -0.2) is 25.8 Å². The number of anilines is 2. The predicted octanol–water partition coefficient (Wildman–Crippen LogP) is 6.16. The molecule has 0 radical (unpaired) electrons. The Morgan fingerprint density at radius 3 is 2.62 bits per heavy atom. The van der Waals surface area contributed by atoms with Gasteiger partial charge < -0.3 is 9.64 Å². The van der Waals surface area contributed by atoms with Gasteiger partial charge in [0.25, 0.3) is 0 Å². The first kappa shape index (κ1) is 20.4. The molecule has 1 amide bonds. The topological polar surface area (TPSA) is 41.6 Å². The van der Waals surface area contributed by atoms with Gasteiger partial charge in [0.2, 0.25) is 0 Å². The zero-order valence-electron chi connectivity index (χ0n) is 15.1. The molecule has 2 aromatic carbocycles. The lowest BCUT2D eigenvalue weighted by Crippen LogP contribution is -2.30. The van der Waals surface area contributed by atoms with Gasteiger partial charge >= 0.3 is 6.09 Å². The van der Waals surface area contributed by atoms with Gasteiger partial charge in [-0.2, -0.15) is 0 Å². The van der Waals surface area contributed by atoms with Crippen LogP contribution in [-0.2, 0) is 4.74 Å². The average molecular weight is 395 g/mol. The summed E-state index contributed by atoms with van der Waals surface area (Å²) in [7, 11) is 0. The van der Waals surface area contributed by atoms with E-state index in [2.05, 4.69) is 42.3 Å². The van der Waals surface area contributed by atoms with E-state index in [1.165, 1.54) is 5.56 Å². The molecule has 0 saturated carbocycles. The molecular weight excluding hydrogens is 371 g/mol. The highest BCUT2D eigenvalue weighted by molar-refractivity contribution is 6.42. The van der Waals surface area contributed by atoms with E-state index >= 15 is 0 Å². The molecule has 0 unspecified atom stereocenters. The molecular formula is C20H24Cl2N2O2. The van der Waals surface area contributed by atoms with Gasteiger partial charge in [-0.05, 0) is 49.2 Å². The highest BCUT2D eigenvalue weighted by Gasteiger charge is 2.09. The van der Waals surface area contributed by atoms with Crippen LogP contribution in [0.5, 0.6) is 0 Å². The van der Waals surface area contributed by atoms with E-state index < -0.39 is 6.09 Å². The number of hydrogen-bond donors (Lipinski definition) is 1. The Bertz CT molecular complexity index is 738. The molecule has 0 bridgehead atoms. The largest absolute Gasteiger partial charge is 0.447 e. The summed E-state index contributed by atoms with van der Waals surface area (Å²) in [6.07, 6.45) is 1.69. The lowest BCUT2D eigenvalue weighted by Gasteiger charge is -2.25. The number of carbonyl (C=O) groups is 1. The predicted molar refractivity (Wildman–Crippen MR) is 110 cm³/mol. The third-order valence-electron chi connectivity index (χ3n) is 3.91. The first-order chi connectivity index (χ1) is 12.5. The second-order valence-electron chi connectivity index (χ2n) is 6.07. The van der Waals surface area contributed by atoms with Crippen LogP contribution in [0.3, 0.4) is 0 Å². The fraction of sp³-hybridized carbons (Fsp3) is 0.350. The first-order valence-corrected chi connectivity index (χ1v) is 9.45. The molecule has 0 saturated heterocycles. The summed E-state index contributed by atoms with van der Waals surface area (Å²) >= 11 is 11.8. The minimum atomic E-state index is -0.511. The summed E-state index contributed by atoms with van der Waals surface area (Å²) in [5.41, 5.74) is 2.90. The number of aryl methyl sites for hydroxylation is 1. The van der Waals surface area contributed by atoms with Crippen LogP contribution in [0.15, 0.2) is 42.5 Å². The normalized spacial score (nSPS) is 10.5. The molecule has 0 spiro atoms. The van der Waals surface area contributed by atoms with Crippen LogP contribution in [0.2, 0.25) is 10.0 Å². The van der Waals surface area contributed by atoms with Crippen molar-refractivity contribution in [1.29, 1.82) is 0 Å². The van der Waals surface area contributed by atoms with Gasteiger partial charge in [0, 0.05) is 17.9 Å². The molecule has 0 aliphatic heterocycles. The van der Waals surface area contributed by atoms with Crippen molar-refractivity contribution in [3.8, 4) is 0 Å². The maximum atomic E-state index is 12.0. The summed E-state index contributed by atoms with van der Waals surface area (Å²) in [5, 5.41) is 3.48. The number of unbranched alkanes of at least 4 members (excludes halogenated alkanes) is 1. The van der Waals surface area contributed by atoms with E-state index in [9.17, 15) is 4.79 Å². The average Bonchev–Trinajstić information content (AvgIpc) is 2.61. The standard InChI is InChI=1S/C20H24Cl2N2O2/c1-3-4-10-24(17-7-5-6-15(2)13-17)11-12-26-20(25)23-16-8-9-18(21)19(22)14-16/h5-9,13-14H,3-4,10-12H2,1-2H3,(H,23,25). The van der Waals surface area contributed by atoms with Crippen LogP contribution in [0.4, 0.5) is 16.2 Å². The third-order valence-corrected chi connectivity index (χ3v) is 4.65. The first-order valence-electron chi connectivity index (χ1n) is 8.70. The van der Waals surface area contributed by atoms with E-state index in [4.69, 9.17) is 27.9 Å². The Morgan fingerprint density at radius 1 is 1.12 bits per heavy atom. The maximum absolute atomic E-state index is 12.0. The minimum absolute atomic E-state index is 0.296. The second-order valence-corrected chi connectivity index (χ2v) is 6.88. The summed E-state index contributed by atoms with van der Waals surface area (Å²) in [6, 6.07) is 13.2. The second kappa shape index (κ2) is 10.3. The smallest absolute Gasteiger partial charge is 0.411 e. The number of ether oxygens (including phenoxy) is 1. The number of hydrogen-bond acceptors (Lipinski definition) is 3. The summed E-state index contributed by atoms with van der Waals surface area (Å²) in [5.74, 6) is 0. The van der Waals surface area contributed by atoms with Gasteiger partial charge in [-0.1, -0.05) is 48.7 Å². The monoisotopic (exact) mass is 394 g/mol. The molecule has 0 heterocycles. The molecule has 1 N–H and O–H groups in total. The van der Waals surface area contributed by atoms with Crippen molar-refractivity contribution in [3.05, 3.63) is 58.1 Å². The van der Waals surface area contributed by atoms with Crippen LogP contribution < -0.4 is 10.2 Å². The zero-order valence-corrected chi connectivity index (χ0v) is 16.6. The Morgan fingerprint density at radius 2 is 1.92 bits per heavy atom. The van der Waals surface area contributed by atoms with E-state index in [-0.39, 0.29) is 0 Å². The molecule has 0 fully saturated rings. The van der Waals surface area contributed by atoms with Gasteiger partial charge in [0.1, 0.15) is 6.61 Å². The van der Waals surface area contributed by atoms with E-state index in [0.717, 1.165) is 25.1 Å². The molecule has 26 heavy (non-hydrogen) atoms. The minimum Gasteiger partial charge on any atom is -0.447 e. The molecule has 0 atom stereocenters. The summed E-state index contributed by atoms with van der Waals surface area (Å²) in [6.45, 7) is 6.10. The lowest BCUT2D eigenvalue weighted by molar-refractivity contribution is 0.164. The van der Waals surface area contributed by atoms with Crippen molar-refractivity contribution in [2.24, 2.45) is 0 Å². The van der Waals surface area contributed by atoms with Gasteiger partial charge in [-0.3, -0.25) is 5.32 Å². The van der Waals surface area contributed by atoms with E-state index in [1.54, 1.807) is 18.2 Å². The molecule has 0 aromatic heterocycles. The molecule has 6 heteroatoms. The van der Waals surface area contributed by atoms with Crippen molar-refractivity contribution in [3.63, 3.8) is 0 Å². The summed E-state index contributed by atoms with van der Waals surface area (Å²) < 4.78 is 5.31. The zero-order chi connectivity index (χ0) is 18.9. The number of carbonyl (C=O) groups excluding carboxylic acids is 1. The number of benzene rings is 2. The maximum Gasteiger partial charge on any atom is 0.411 e. The Balaban J connectivity index is 1.87. The van der Waals surface area contributed by atoms with E-state index in [1.807, 2.05) is 6.07 Å². The van der Waals surface area contributed by atoms with E-state index in [0.29, 0.717) is 28.9 Å². The van der Waals surface area contributed by atoms with Gasteiger partial charge in [-0.25, -0.2) is 4.79 Å². The van der Waals surface area contributed by atoms with Gasteiger partial charge in [-0.15, -0.1) is 0 Å². The molecule has 2 rings (SSSR count). The Kier molecular flexibility index (Phi) is 8.07. The number of halogens is 2. The quantitative estimate of drug-likeness (QED) is 0.582. The van der Waals surface area contributed by atoms with Crippen molar-refractivity contribution in [2.45, 2.75) is 26.7 Å².